The molecule has 0 saturated heterocycles. The average Bonchev–Trinajstić information content (AvgIpc) is 2.78. The largest absolute Gasteiger partial charge is 0.521 e. The van der Waals surface area contributed by atoms with E-state index in [1.54, 1.807) is 6.92 Å². The topological polar surface area (TPSA) is 78.9 Å². The molecule has 6 nitrogen and oxygen atoms in total. The fraction of sp³-hybridized carbons (Fsp3) is 0.345. The van der Waals surface area contributed by atoms with E-state index < -0.39 is 18.1 Å². The van der Waals surface area contributed by atoms with Gasteiger partial charge in [0.1, 0.15) is 11.5 Å². The molecular formula is C29H34O6. The van der Waals surface area contributed by atoms with Crippen LogP contribution in [-0.2, 0) is 14.3 Å². The van der Waals surface area contributed by atoms with Crippen molar-refractivity contribution in [1.82, 2.24) is 0 Å². The van der Waals surface area contributed by atoms with Crippen LogP contribution in [0.2, 0.25) is 0 Å². The fourth-order valence-electron chi connectivity index (χ4n) is 4.06. The molecule has 0 unspecified atom stereocenters. The first-order valence-electron chi connectivity index (χ1n) is 11.3. The van der Waals surface area contributed by atoms with Crippen molar-refractivity contribution in [3.8, 4) is 22.6 Å². The number of benzene rings is 2. The molecule has 2 aromatic rings. The summed E-state index contributed by atoms with van der Waals surface area (Å²) in [5, 5.41) is 0. The zero-order chi connectivity index (χ0) is 26.9. The Morgan fingerprint density at radius 3 is 1.14 bits per heavy atom. The highest BCUT2D eigenvalue weighted by atomic mass is 16.7. The third-order valence-corrected chi connectivity index (χ3v) is 6.62. The molecule has 0 aromatic heterocycles. The lowest BCUT2D eigenvalue weighted by molar-refractivity contribution is -0.134. The fourth-order valence-corrected chi connectivity index (χ4v) is 4.06. The van der Waals surface area contributed by atoms with E-state index in [1.165, 1.54) is 6.92 Å². The highest BCUT2D eigenvalue weighted by Crippen LogP contribution is 2.44. The SMILES string of the molecule is C=C(C)C(=O)OC(=O)Oc1c(C)c(C)c(-c2c(C)c(C)c(OC(=O)C(=C)C)c(C)c2C)c(C)c1C. The highest BCUT2D eigenvalue weighted by Gasteiger charge is 2.25. The van der Waals surface area contributed by atoms with Crippen LogP contribution in [0.5, 0.6) is 11.5 Å². The summed E-state index contributed by atoms with van der Waals surface area (Å²) in [6.07, 6.45) is -1.10. The molecule has 0 bridgehead atoms. The van der Waals surface area contributed by atoms with Crippen LogP contribution in [0.4, 0.5) is 4.79 Å². The van der Waals surface area contributed by atoms with Gasteiger partial charge in [0.25, 0.3) is 0 Å². The molecule has 0 atom stereocenters. The molecule has 0 saturated carbocycles. The van der Waals surface area contributed by atoms with Crippen LogP contribution < -0.4 is 9.47 Å². The van der Waals surface area contributed by atoms with Gasteiger partial charge in [0.2, 0.25) is 0 Å². The summed E-state index contributed by atoms with van der Waals surface area (Å²) in [4.78, 5) is 36.1. The van der Waals surface area contributed by atoms with Gasteiger partial charge in [-0.05, 0) is 125 Å². The van der Waals surface area contributed by atoms with E-state index in [-0.39, 0.29) is 5.57 Å². The summed E-state index contributed by atoms with van der Waals surface area (Å²) >= 11 is 0. The van der Waals surface area contributed by atoms with Gasteiger partial charge >= 0.3 is 18.1 Å². The Hall–Kier alpha value is -3.67. The summed E-state index contributed by atoms with van der Waals surface area (Å²) in [6.45, 7) is 25.7. The van der Waals surface area contributed by atoms with Crippen molar-refractivity contribution in [3.05, 3.63) is 68.8 Å². The summed E-state index contributed by atoms with van der Waals surface area (Å²) in [7, 11) is 0. The maximum atomic E-state index is 12.2. The van der Waals surface area contributed by atoms with E-state index in [1.807, 2.05) is 55.4 Å². The minimum absolute atomic E-state index is 0.104. The number of carbonyl (C=O) groups excluding carboxylic acids is 3. The zero-order valence-corrected chi connectivity index (χ0v) is 22.4. The second-order valence-corrected chi connectivity index (χ2v) is 9.10. The van der Waals surface area contributed by atoms with Gasteiger partial charge in [0, 0.05) is 11.1 Å². The Balaban J connectivity index is 2.69. The molecule has 35 heavy (non-hydrogen) atoms. The van der Waals surface area contributed by atoms with Crippen LogP contribution in [0.15, 0.2) is 24.3 Å². The lowest BCUT2D eigenvalue weighted by Crippen LogP contribution is -2.18. The summed E-state index contributed by atoms with van der Waals surface area (Å²) in [5.41, 5.74) is 9.60. The molecule has 0 aliphatic carbocycles. The number of ether oxygens (including phenoxy) is 3. The second-order valence-electron chi connectivity index (χ2n) is 9.10. The lowest BCUT2D eigenvalue weighted by Gasteiger charge is -2.25. The van der Waals surface area contributed by atoms with E-state index in [4.69, 9.17) is 14.2 Å². The van der Waals surface area contributed by atoms with Crippen molar-refractivity contribution >= 4 is 18.1 Å². The molecule has 2 aromatic carbocycles. The van der Waals surface area contributed by atoms with Crippen molar-refractivity contribution in [1.29, 1.82) is 0 Å². The number of rotatable bonds is 5. The third-order valence-electron chi connectivity index (χ3n) is 6.62. The van der Waals surface area contributed by atoms with E-state index in [9.17, 15) is 14.4 Å². The molecule has 0 spiro atoms. The minimum atomic E-state index is -1.10. The van der Waals surface area contributed by atoms with Crippen LogP contribution in [0.1, 0.15) is 58.4 Å². The first-order valence-corrected chi connectivity index (χ1v) is 11.3. The van der Waals surface area contributed by atoms with Crippen LogP contribution >= 0.6 is 0 Å². The normalized spacial score (nSPS) is 10.6. The maximum Gasteiger partial charge on any atom is 0.521 e. The molecule has 0 aliphatic rings. The molecule has 0 N–H and O–H groups in total. The molecule has 0 aliphatic heterocycles. The smallest absolute Gasteiger partial charge is 0.423 e. The molecular weight excluding hydrogens is 444 g/mol. The van der Waals surface area contributed by atoms with E-state index >= 15 is 0 Å². The summed E-state index contributed by atoms with van der Waals surface area (Å²) in [6, 6.07) is 0. The molecule has 186 valence electrons. The third kappa shape index (κ3) is 5.21. The van der Waals surface area contributed by atoms with Crippen molar-refractivity contribution in [3.63, 3.8) is 0 Å². The predicted molar refractivity (Wildman–Crippen MR) is 137 cm³/mol. The van der Waals surface area contributed by atoms with E-state index in [0.29, 0.717) is 17.1 Å². The Labute approximate surface area is 207 Å². The quantitative estimate of drug-likeness (QED) is 0.153. The lowest BCUT2D eigenvalue weighted by atomic mass is 9.82. The molecule has 6 heteroatoms. The minimum Gasteiger partial charge on any atom is -0.423 e. The Bertz CT molecular complexity index is 1240. The monoisotopic (exact) mass is 478 g/mol. The van der Waals surface area contributed by atoms with Gasteiger partial charge in [-0.15, -0.1) is 0 Å². The Morgan fingerprint density at radius 1 is 0.514 bits per heavy atom. The average molecular weight is 479 g/mol. The molecule has 0 radical (unpaired) electrons. The number of esters is 2. The van der Waals surface area contributed by atoms with Gasteiger partial charge in [-0.3, -0.25) is 0 Å². The number of hydrogen-bond donors (Lipinski definition) is 0. The summed E-state index contributed by atoms with van der Waals surface area (Å²) < 4.78 is 15.8. The van der Waals surface area contributed by atoms with Gasteiger partial charge in [-0.2, -0.15) is 0 Å². The van der Waals surface area contributed by atoms with Gasteiger partial charge in [-0.1, -0.05) is 13.2 Å². The van der Waals surface area contributed by atoms with Crippen LogP contribution in [-0.4, -0.2) is 18.1 Å². The van der Waals surface area contributed by atoms with Crippen molar-refractivity contribution in [2.45, 2.75) is 69.2 Å². The van der Waals surface area contributed by atoms with Gasteiger partial charge in [0.05, 0.1) is 0 Å². The van der Waals surface area contributed by atoms with E-state index in [2.05, 4.69) is 13.2 Å². The van der Waals surface area contributed by atoms with Crippen LogP contribution in [0.25, 0.3) is 11.1 Å². The van der Waals surface area contributed by atoms with Gasteiger partial charge in [-0.25, -0.2) is 14.4 Å². The van der Waals surface area contributed by atoms with Crippen molar-refractivity contribution in [2.75, 3.05) is 0 Å². The molecule has 2 rings (SSSR count). The highest BCUT2D eigenvalue weighted by molar-refractivity contribution is 5.94. The maximum absolute atomic E-state index is 12.2. The van der Waals surface area contributed by atoms with Crippen molar-refractivity contribution < 1.29 is 28.6 Å². The first-order chi connectivity index (χ1) is 16.1. The number of hydrogen-bond acceptors (Lipinski definition) is 6. The molecule has 0 fully saturated rings. The number of carbonyl (C=O) groups is 3. The molecule has 0 amide bonds. The summed E-state index contributed by atoms with van der Waals surface area (Å²) in [5.74, 6) is -0.385. The Kier molecular flexibility index (Phi) is 8.11. The molecule has 0 heterocycles. The Morgan fingerprint density at radius 2 is 0.829 bits per heavy atom. The standard InChI is InChI=1S/C29H34O6/c1-13(2)27(30)33-25-19(9)15(5)23(16(6)20(25)10)24-17(7)21(11)26(22(12)18(24)8)34-29(32)35-28(31)14(3)4/h1,3H2,2,4-12H3. The van der Waals surface area contributed by atoms with E-state index in [0.717, 1.165) is 55.6 Å². The van der Waals surface area contributed by atoms with Crippen LogP contribution in [0, 0.1) is 55.4 Å². The van der Waals surface area contributed by atoms with Crippen molar-refractivity contribution in [2.24, 2.45) is 0 Å². The van der Waals surface area contributed by atoms with Gasteiger partial charge in [0.15, 0.2) is 0 Å². The predicted octanol–water partition coefficient (Wildman–Crippen LogP) is 6.92. The van der Waals surface area contributed by atoms with Crippen LogP contribution in [0.3, 0.4) is 0 Å². The van der Waals surface area contributed by atoms with Gasteiger partial charge < -0.3 is 14.2 Å². The second kappa shape index (κ2) is 10.3. The first kappa shape index (κ1) is 27.6. The zero-order valence-electron chi connectivity index (χ0n) is 22.4.